The zero-order valence-corrected chi connectivity index (χ0v) is 20.6. The number of esters is 2. The molecule has 3 rings (SSSR count). The molecule has 0 aliphatic carbocycles. The zero-order chi connectivity index (χ0) is 26.8. The lowest BCUT2D eigenvalue weighted by Crippen LogP contribution is -2.42. The van der Waals surface area contributed by atoms with Crippen molar-refractivity contribution in [1.29, 1.82) is 0 Å². The number of aromatic nitrogens is 4. The van der Waals surface area contributed by atoms with Gasteiger partial charge in [0.2, 0.25) is 5.95 Å². The summed E-state index contributed by atoms with van der Waals surface area (Å²) in [4.78, 5) is 63.3. The molecule has 2 aromatic heterocycles. The zero-order valence-electron chi connectivity index (χ0n) is 20.6. The molecule has 3 aromatic rings. The topological polar surface area (TPSA) is 191 Å². The van der Waals surface area contributed by atoms with Gasteiger partial charge in [0.1, 0.15) is 6.04 Å². The Morgan fingerprint density at radius 3 is 2.51 bits per heavy atom. The second-order valence-corrected chi connectivity index (χ2v) is 7.86. The third-order valence-electron chi connectivity index (χ3n) is 5.16. The average molecular weight is 512 g/mol. The summed E-state index contributed by atoms with van der Waals surface area (Å²) in [5.74, 6) is -1.56. The third-order valence-corrected chi connectivity index (χ3v) is 5.16. The minimum atomic E-state index is -0.975. The van der Waals surface area contributed by atoms with E-state index in [2.05, 4.69) is 30.6 Å². The van der Waals surface area contributed by atoms with Crippen LogP contribution < -0.4 is 21.9 Å². The van der Waals surface area contributed by atoms with Gasteiger partial charge in [-0.1, -0.05) is 0 Å². The average Bonchev–Trinajstić information content (AvgIpc) is 2.87. The summed E-state index contributed by atoms with van der Waals surface area (Å²) in [6.45, 7) is 4.23. The van der Waals surface area contributed by atoms with Crippen molar-refractivity contribution in [3.05, 3.63) is 52.1 Å². The largest absolute Gasteiger partial charge is 0.466 e. The Balaban J connectivity index is 1.55. The van der Waals surface area contributed by atoms with Crippen LogP contribution >= 0.6 is 0 Å². The number of carbonyl (C=O) groups excluding carboxylic acids is 3. The predicted octanol–water partition coefficient (Wildman–Crippen LogP) is 0.955. The Bertz CT molecular complexity index is 1310. The first-order valence-electron chi connectivity index (χ1n) is 11.8. The van der Waals surface area contributed by atoms with Crippen LogP contribution in [-0.4, -0.2) is 63.6 Å². The van der Waals surface area contributed by atoms with Crippen LogP contribution in [0.3, 0.4) is 0 Å². The fraction of sp³-hybridized carbons (Fsp3) is 0.375. The van der Waals surface area contributed by atoms with Gasteiger partial charge >= 0.3 is 11.9 Å². The summed E-state index contributed by atoms with van der Waals surface area (Å²) in [7, 11) is 0. The Kier molecular flexibility index (Phi) is 9.47. The Labute approximate surface area is 212 Å². The molecular formula is C24H29N7O6. The van der Waals surface area contributed by atoms with Crippen LogP contribution in [0.5, 0.6) is 0 Å². The maximum absolute atomic E-state index is 12.7. The first-order chi connectivity index (χ1) is 17.8. The second-order valence-electron chi connectivity index (χ2n) is 7.86. The van der Waals surface area contributed by atoms with Gasteiger partial charge in [-0.25, -0.2) is 14.8 Å². The van der Waals surface area contributed by atoms with Crippen molar-refractivity contribution in [2.75, 3.05) is 30.8 Å². The molecule has 1 aromatic carbocycles. The fourth-order valence-corrected chi connectivity index (χ4v) is 3.39. The number of nitrogen functional groups attached to an aromatic ring is 1. The monoisotopic (exact) mass is 511 g/mol. The molecule has 0 saturated heterocycles. The molecule has 1 atom stereocenters. The number of anilines is 2. The molecule has 13 nitrogen and oxygen atoms in total. The number of hydrogen-bond acceptors (Lipinski definition) is 11. The van der Waals surface area contributed by atoms with E-state index in [9.17, 15) is 19.2 Å². The number of hydrogen-bond donors (Lipinski definition) is 4. The third kappa shape index (κ3) is 7.72. The number of nitrogens with two attached hydrogens (primary N) is 1. The summed E-state index contributed by atoms with van der Waals surface area (Å²) in [6, 6.07) is 5.68. The molecule has 1 unspecified atom stereocenters. The quantitative estimate of drug-likeness (QED) is 0.253. The van der Waals surface area contributed by atoms with Crippen LogP contribution in [0.25, 0.3) is 11.2 Å². The van der Waals surface area contributed by atoms with Gasteiger partial charge in [-0.05, 0) is 44.5 Å². The normalized spacial score (nSPS) is 11.5. The Hall–Kier alpha value is -4.55. The fourth-order valence-electron chi connectivity index (χ4n) is 3.39. The van der Waals surface area contributed by atoms with Crippen molar-refractivity contribution in [3.63, 3.8) is 0 Å². The lowest BCUT2D eigenvalue weighted by molar-refractivity contribution is -0.146. The van der Waals surface area contributed by atoms with E-state index in [-0.39, 0.29) is 43.2 Å². The molecule has 0 saturated carbocycles. The number of H-pyrrole nitrogens is 1. The van der Waals surface area contributed by atoms with Crippen molar-refractivity contribution >= 4 is 40.6 Å². The van der Waals surface area contributed by atoms with Crippen molar-refractivity contribution in [3.8, 4) is 0 Å². The molecule has 0 radical (unpaired) electrons. The van der Waals surface area contributed by atoms with Crippen molar-refractivity contribution < 1.29 is 23.9 Å². The van der Waals surface area contributed by atoms with E-state index in [1.807, 2.05) is 0 Å². The minimum Gasteiger partial charge on any atom is -0.466 e. The lowest BCUT2D eigenvalue weighted by Gasteiger charge is -2.17. The number of fused-ring (bicyclic) bond motifs is 1. The molecular weight excluding hydrogens is 482 g/mol. The van der Waals surface area contributed by atoms with Gasteiger partial charge in [0.25, 0.3) is 11.5 Å². The lowest BCUT2D eigenvalue weighted by atomic mass is 10.1. The van der Waals surface area contributed by atoms with Gasteiger partial charge < -0.3 is 25.8 Å². The van der Waals surface area contributed by atoms with E-state index in [1.165, 1.54) is 6.20 Å². The van der Waals surface area contributed by atoms with Gasteiger partial charge in [-0.15, -0.1) is 0 Å². The molecule has 0 aliphatic rings. The summed E-state index contributed by atoms with van der Waals surface area (Å²) in [5, 5.41) is 5.83. The van der Waals surface area contributed by atoms with Crippen LogP contribution in [-0.2, 0) is 25.5 Å². The number of nitrogens with one attached hydrogen (secondary N) is 3. The number of carbonyl (C=O) groups is 3. The summed E-state index contributed by atoms with van der Waals surface area (Å²) in [5.41, 5.74) is 7.04. The van der Waals surface area contributed by atoms with E-state index >= 15 is 0 Å². The van der Waals surface area contributed by atoms with E-state index < -0.39 is 29.4 Å². The number of benzene rings is 1. The van der Waals surface area contributed by atoms with Crippen LogP contribution in [0.2, 0.25) is 0 Å². The van der Waals surface area contributed by atoms with Crippen molar-refractivity contribution in [2.24, 2.45) is 0 Å². The molecule has 196 valence electrons. The smallest absolute Gasteiger partial charge is 0.328 e. The molecule has 2 heterocycles. The first kappa shape index (κ1) is 27.0. The van der Waals surface area contributed by atoms with Gasteiger partial charge in [-0.3, -0.25) is 19.4 Å². The number of nitrogens with zero attached hydrogens (tertiary/aromatic N) is 3. The number of rotatable bonds is 12. The molecule has 5 N–H and O–H groups in total. The van der Waals surface area contributed by atoms with Crippen molar-refractivity contribution in [2.45, 2.75) is 39.2 Å². The predicted molar refractivity (Wildman–Crippen MR) is 135 cm³/mol. The van der Waals surface area contributed by atoms with Crippen LogP contribution in [0.15, 0.2) is 35.3 Å². The summed E-state index contributed by atoms with van der Waals surface area (Å²) < 4.78 is 9.90. The molecule has 1 amide bonds. The van der Waals surface area contributed by atoms with E-state index in [4.69, 9.17) is 15.2 Å². The summed E-state index contributed by atoms with van der Waals surface area (Å²) in [6.07, 6.45) is 2.05. The molecule has 0 bridgehead atoms. The molecule has 37 heavy (non-hydrogen) atoms. The highest BCUT2D eigenvalue weighted by molar-refractivity contribution is 5.97. The van der Waals surface area contributed by atoms with Gasteiger partial charge in [-0.2, -0.15) is 4.98 Å². The SMILES string of the molecule is CCOC(=O)CCC(NC(=O)c1ccc(NCCc2cnc3nc(N)[nH]c(=O)c3n2)cc1)C(=O)OCC. The van der Waals surface area contributed by atoms with E-state index in [1.54, 1.807) is 38.1 Å². The maximum Gasteiger partial charge on any atom is 0.328 e. The summed E-state index contributed by atoms with van der Waals surface area (Å²) >= 11 is 0. The first-order valence-corrected chi connectivity index (χ1v) is 11.8. The molecule has 0 aliphatic heterocycles. The van der Waals surface area contributed by atoms with Crippen LogP contribution in [0.4, 0.5) is 11.6 Å². The van der Waals surface area contributed by atoms with E-state index in [0.717, 1.165) is 5.69 Å². The van der Waals surface area contributed by atoms with Gasteiger partial charge in [0.15, 0.2) is 11.2 Å². The highest BCUT2D eigenvalue weighted by Crippen LogP contribution is 2.12. The molecule has 0 fully saturated rings. The number of aromatic amines is 1. The van der Waals surface area contributed by atoms with E-state index in [0.29, 0.717) is 24.2 Å². The number of amides is 1. The minimum absolute atomic E-state index is 0.0218. The van der Waals surface area contributed by atoms with Crippen LogP contribution in [0.1, 0.15) is 42.7 Å². The Morgan fingerprint density at radius 2 is 1.81 bits per heavy atom. The molecule has 13 heteroatoms. The maximum atomic E-state index is 12.7. The highest BCUT2D eigenvalue weighted by atomic mass is 16.5. The molecule has 0 spiro atoms. The van der Waals surface area contributed by atoms with Gasteiger partial charge in [0.05, 0.1) is 25.1 Å². The van der Waals surface area contributed by atoms with Gasteiger partial charge in [0, 0.05) is 30.6 Å². The standard InChI is InChI=1S/C24H29N7O6/c1-3-36-18(32)10-9-17(23(35)37-4-2)29-21(33)14-5-7-15(8-6-14)26-12-11-16-13-27-20-19(28-16)22(34)31-24(25)30-20/h5-8,13,17,26H,3-4,9-12H2,1-2H3,(H,29,33)(H3,25,27,30,31,34). The van der Waals surface area contributed by atoms with Crippen molar-refractivity contribution in [1.82, 2.24) is 25.3 Å². The Morgan fingerprint density at radius 1 is 1.08 bits per heavy atom. The number of ether oxygens (including phenoxy) is 2. The second kappa shape index (κ2) is 13.0. The van der Waals surface area contributed by atoms with Crippen LogP contribution in [0, 0.1) is 0 Å². The highest BCUT2D eigenvalue weighted by Gasteiger charge is 2.24.